The fourth-order valence-corrected chi connectivity index (χ4v) is 0.384. The first-order chi connectivity index (χ1) is 4.68. The number of hydrogen-bond acceptors (Lipinski definition) is 2. The van der Waals surface area contributed by atoms with Gasteiger partial charge in [-0.2, -0.15) is 0 Å². The van der Waals surface area contributed by atoms with Crippen LogP contribution in [-0.2, 0) is 4.74 Å². The third kappa shape index (κ3) is 3.93. The molecule has 3 nitrogen and oxygen atoms in total. The Morgan fingerprint density at radius 1 is 1.90 bits per heavy atom. The molecule has 0 aliphatic carbocycles. The van der Waals surface area contributed by atoms with Gasteiger partial charge in [0.05, 0.1) is 12.4 Å². The van der Waals surface area contributed by atoms with Gasteiger partial charge in [-0.1, -0.05) is 12.8 Å². The topological polar surface area (TPSA) is 59.1 Å². The molecule has 0 aromatic carbocycles. The summed E-state index contributed by atoms with van der Waals surface area (Å²) in [6.45, 7) is 2.54. The Balaban J connectivity index is 3.32. The second kappa shape index (κ2) is 4.83. The molecule has 0 heterocycles. The molecule has 0 aliphatic rings. The molecule has 0 rings (SSSR count). The van der Waals surface area contributed by atoms with Crippen LogP contribution < -0.4 is 5.73 Å². The summed E-state index contributed by atoms with van der Waals surface area (Å²) in [7, 11) is 0. The Morgan fingerprint density at radius 3 is 2.90 bits per heavy atom. The second-order valence-corrected chi connectivity index (χ2v) is 2.08. The number of amidine groups is 1. The highest BCUT2D eigenvalue weighted by molar-refractivity contribution is 5.79. The van der Waals surface area contributed by atoms with E-state index in [4.69, 9.17) is 22.3 Å². The molecule has 0 aromatic rings. The molecule has 0 fully saturated rings. The van der Waals surface area contributed by atoms with Crippen molar-refractivity contribution in [3.05, 3.63) is 0 Å². The van der Waals surface area contributed by atoms with Gasteiger partial charge in [-0.05, 0) is 0 Å². The summed E-state index contributed by atoms with van der Waals surface area (Å²) < 4.78 is 4.95. The van der Waals surface area contributed by atoms with E-state index in [1.165, 1.54) is 0 Å². The fourth-order valence-electron chi connectivity index (χ4n) is 0.384. The molecule has 0 aliphatic heterocycles. The number of rotatable bonds is 4. The molecule has 1 unspecified atom stereocenters. The third-order valence-corrected chi connectivity index (χ3v) is 1.08. The lowest BCUT2D eigenvalue weighted by molar-refractivity contribution is 0.151. The minimum absolute atomic E-state index is 0.0339. The number of hydrogen-bond donors (Lipinski definition) is 2. The van der Waals surface area contributed by atoms with Crippen molar-refractivity contribution in [2.24, 2.45) is 11.7 Å². The van der Waals surface area contributed by atoms with E-state index in [1.54, 1.807) is 0 Å². The SMILES string of the molecule is C#CCOCC(C)C(=N)N. The van der Waals surface area contributed by atoms with Crippen molar-refractivity contribution in [3.63, 3.8) is 0 Å². The van der Waals surface area contributed by atoms with Crippen LogP contribution in [0.2, 0.25) is 0 Å². The van der Waals surface area contributed by atoms with Gasteiger partial charge in [0.15, 0.2) is 0 Å². The van der Waals surface area contributed by atoms with E-state index in [-0.39, 0.29) is 18.4 Å². The Bertz CT molecular complexity index is 148. The number of nitrogens with one attached hydrogen (secondary N) is 1. The lowest BCUT2D eigenvalue weighted by atomic mass is 10.2. The van der Waals surface area contributed by atoms with Gasteiger partial charge < -0.3 is 10.5 Å². The first kappa shape index (κ1) is 8.99. The molecule has 0 aromatic heterocycles. The normalized spacial score (nSPS) is 12.0. The average molecular weight is 140 g/mol. The minimum atomic E-state index is -0.0339. The van der Waals surface area contributed by atoms with Crippen molar-refractivity contribution in [1.82, 2.24) is 0 Å². The van der Waals surface area contributed by atoms with Crippen molar-refractivity contribution in [2.75, 3.05) is 13.2 Å². The van der Waals surface area contributed by atoms with E-state index < -0.39 is 0 Å². The summed E-state index contributed by atoms with van der Waals surface area (Å²) in [5, 5.41) is 6.98. The van der Waals surface area contributed by atoms with Gasteiger partial charge in [-0.3, -0.25) is 5.41 Å². The Kier molecular flexibility index (Phi) is 4.34. The summed E-state index contributed by atoms with van der Waals surface area (Å²) in [6, 6.07) is 0. The first-order valence-electron chi connectivity index (χ1n) is 3.03. The minimum Gasteiger partial charge on any atom is -0.387 e. The summed E-state index contributed by atoms with van der Waals surface area (Å²) in [6.07, 6.45) is 4.93. The third-order valence-electron chi connectivity index (χ3n) is 1.08. The van der Waals surface area contributed by atoms with Crippen molar-refractivity contribution in [3.8, 4) is 12.3 Å². The zero-order valence-corrected chi connectivity index (χ0v) is 6.05. The van der Waals surface area contributed by atoms with E-state index in [1.807, 2.05) is 6.92 Å². The van der Waals surface area contributed by atoms with Gasteiger partial charge in [-0.15, -0.1) is 6.42 Å². The van der Waals surface area contributed by atoms with Crippen molar-refractivity contribution >= 4 is 5.84 Å². The highest BCUT2D eigenvalue weighted by atomic mass is 16.5. The molecule has 3 N–H and O–H groups in total. The molecular weight excluding hydrogens is 128 g/mol. The Morgan fingerprint density at radius 2 is 2.50 bits per heavy atom. The molecule has 0 spiro atoms. The zero-order valence-electron chi connectivity index (χ0n) is 6.05. The summed E-state index contributed by atoms with van der Waals surface area (Å²) in [5.41, 5.74) is 5.17. The highest BCUT2D eigenvalue weighted by Crippen LogP contribution is 1.92. The standard InChI is InChI=1S/C7H12N2O/c1-3-4-10-5-6(2)7(8)9/h1,6H,4-5H2,2H3,(H3,8,9). The van der Waals surface area contributed by atoms with E-state index in [2.05, 4.69) is 5.92 Å². The molecule has 1 atom stereocenters. The van der Waals surface area contributed by atoms with Crippen LogP contribution in [0.25, 0.3) is 0 Å². The molecule has 0 amide bonds. The Hall–Kier alpha value is -1.01. The fraction of sp³-hybridized carbons (Fsp3) is 0.571. The van der Waals surface area contributed by atoms with Crippen LogP contribution in [0.15, 0.2) is 0 Å². The van der Waals surface area contributed by atoms with Gasteiger partial charge in [0.25, 0.3) is 0 Å². The predicted molar refractivity (Wildman–Crippen MR) is 40.7 cm³/mol. The van der Waals surface area contributed by atoms with E-state index >= 15 is 0 Å². The lowest BCUT2D eigenvalue weighted by Gasteiger charge is -2.07. The molecular formula is C7H12N2O. The predicted octanol–water partition coefficient (Wildman–Crippen LogP) is 0.208. The zero-order chi connectivity index (χ0) is 7.98. The van der Waals surface area contributed by atoms with E-state index in [0.29, 0.717) is 6.61 Å². The molecule has 0 saturated heterocycles. The molecule has 3 heteroatoms. The van der Waals surface area contributed by atoms with Gasteiger partial charge in [-0.25, -0.2) is 0 Å². The van der Waals surface area contributed by atoms with Crippen LogP contribution in [0.1, 0.15) is 6.92 Å². The van der Waals surface area contributed by atoms with Gasteiger partial charge in [0.1, 0.15) is 6.61 Å². The van der Waals surface area contributed by atoms with Gasteiger partial charge in [0, 0.05) is 5.92 Å². The molecule has 0 bridgehead atoms. The number of nitrogens with two attached hydrogens (primary N) is 1. The smallest absolute Gasteiger partial charge is 0.107 e. The van der Waals surface area contributed by atoms with Crippen molar-refractivity contribution in [1.29, 1.82) is 5.41 Å². The van der Waals surface area contributed by atoms with Gasteiger partial charge in [0.2, 0.25) is 0 Å². The van der Waals surface area contributed by atoms with Crippen LogP contribution in [-0.4, -0.2) is 19.0 Å². The lowest BCUT2D eigenvalue weighted by Crippen LogP contribution is -2.23. The highest BCUT2D eigenvalue weighted by Gasteiger charge is 2.03. The maximum Gasteiger partial charge on any atom is 0.107 e. The van der Waals surface area contributed by atoms with E-state index in [9.17, 15) is 0 Å². The summed E-state index contributed by atoms with van der Waals surface area (Å²) in [4.78, 5) is 0. The van der Waals surface area contributed by atoms with Gasteiger partial charge >= 0.3 is 0 Å². The largest absolute Gasteiger partial charge is 0.387 e. The van der Waals surface area contributed by atoms with Crippen LogP contribution in [0.5, 0.6) is 0 Å². The van der Waals surface area contributed by atoms with Crippen molar-refractivity contribution in [2.45, 2.75) is 6.92 Å². The molecule has 0 saturated carbocycles. The van der Waals surface area contributed by atoms with Crippen LogP contribution in [0.4, 0.5) is 0 Å². The average Bonchev–Trinajstić information content (AvgIpc) is 1.88. The summed E-state index contributed by atoms with van der Waals surface area (Å²) in [5.74, 6) is 2.43. The Labute approximate surface area is 61.1 Å². The molecule has 0 radical (unpaired) electrons. The second-order valence-electron chi connectivity index (χ2n) is 2.08. The number of terminal acetylenes is 1. The quantitative estimate of drug-likeness (QED) is 0.254. The monoisotopic (exact) mass is 140 g/mol. The van der Waals surface area contributed by atoms with E-state index in [0.717, 1.165) is 0 Å². The first-order valence-corrected chi connectivity index (χ1v) is 3.03. The van der Waals surface area contributed by atoms with Crippen LogP contribution in [0, 0.1) is 23.7 Å². The molecule has 10 heavy (non-hydrogen) atoms. The number of ether oxygens (including phenoxy) is 1. The molecule has 56 valence electrons. The van der Waals surface area contributed by atoms with Crippen molar-refractivity contribution < 1.29 is 4.74 Å². The van der Waals surface area contributed by atoms with Crippen LogP contribution in [0.3, 0.4) is 0 Å². The van der Waals surface area contributed by atoms with Crippen LogP contribution >= 0.6 is 0 Å². The maximum atomic E-state index is 6.98. The summed E-state index contributed by atoms with van der Waals surface area (Å²) >= 11 is 0. The maximum absolute atomic E-state index is 6.98.